The van der Waals surface area contributed by atoms with E-state index in [4.69, 9.17) is 5.73 Å². The molecule has 0 aromatic carbocycles. The zero-order valence-electron chi connectivity index (χ0n) is 10.4. The Morgan fingerprint density at radius 1 is 1.47 bits per heavy atom. The number of carbonyl (C=O) groups is 2. The second-order valence-electron chi connectivity index (χ2n) is 4.35. The van der Waals surface area contributed by atoms with E-state index in [1.54, 1.807) is 0 Å². The Labute approximate surface area is 101 Å². The average molecular weight is 240 g/mol. The van der Waals surface area contributed by atoms with Crippen LogP contribution < -0.4 is 16.5 Å². The van der Waals surface area contributed by atoms with Gasteiger partial charge in [-0.3, -0.25) is 9.59 Å². The van der Waals surface area contributed by atoms with Gasteiger partial charge in [-0.15, -0.1) is 0 Å². The fourth-order valence-electron chi connectivity index (χ4n) is 1.50. The minimum atomic E-state index is -0.367. The first kappa shape index (κ1) is 13.6. The van der Waals surface area contributed by atoms with Crippen molar-refractivity contribution in [3.63, 3.8) is 0 Å². The smallest absolute Gasteiger partial charge is 0.267 e. The summed E-state index contributed by atoms with van der Waals surface area (Å²) in [7, 11) is 0. The molecule has 1 heterocycles. The van der Waals surface area contributed by atoms with E-state index in [9.17, 15) is 9.59 Å². The van der Waals surface area contributed by atoms with E-state index in [1.165, 1.54) is 0 Å². The maximum Gasteiger partial charge on any atom is 0.267 e. The number of rotatable bonds is 5. The number of hydrazone groups is 1. The molecule has 0 aliphatic carbocycles. The lowest BCUT2D eigenvalue weighted by Gasteiger charge is -2.27. The summed E-state index contributed by atoms with van der Waals surface area (Å²) in [6.07, 6.45) is 2.29. The van der Waals surface area contributed by atoms with Crippen molar-refractivity contribution in [2.24, 2.45) is 10.8 Å². The van der Waals surface area contributed by atoms with Gasteiger partial charge >= 0.3 is 0 Å². The standard InChI is InChI=1S/C11H20N4O2/c1-3-11(12,4-2)7-13-10(17)8-5-6-9(16)15-14-8/h3-7,12H2,1-2H3,(H,13,17)(H,15,16). The second kappa shape index (κ2) is 5.77. The summed E-state index contributed by atoms with van der Waals surface area (Å²) in [5.41, 5.74) is 8.36. The maximum absolute atomic E-state index is 11.7. The van der Waals surface area contributed by atoms with Crippen molar-refractivity contribution in [3.8, 4) is 0 Å². The van der Waals surface area contributed by atoms with E-state index in [1.807, 2.05) is 13.8 Å². The summed E-state index contributed by atoms with van der Waals surface area (Å²) in [4.78, 5) is 22.6. The first-order valence-corrected chi connectivity index (χ1v) is 5.93. The van der Waals surface area contributed by atoms with Crippen molar-refractivity contribution in [2.45, 2.75) is 45.1 Å². The van der Waals surface area contributed by atoms with Crippen LogP contribution in [0.2, 0.25) is 0 Å². The zero-order chi connectivity index (χ0) is 12.9. The third kappa shape index (κ3) is 3.81. The first-order chi connectivity index (χ1) is 8.00. The summed E-state index contributed by atoms with van der Waals surface area (Å²) in [5.74, 6) is -0.404. The van der Waals surface area contributed by atoms with Crippen molar-refractivity contribution in [3.05, 3.63) is 0 Å². The van der Waals surface area contributed by atoms with Gasteiger partial charge in [-0.05, 0) is 12.8 Å². The third-order valence-electron chi connectivity index (χ3n) is 3.18. The number of nitrogens with two attached hydrogens (primary N) is 1. The van der Waals surface area contributed by atoms with E-state index in [0.717, 1.165) is 12.8 Å². The van der Waals surface area contributed by atoms with Gasteiger partial charge in [0.1, 0.15) is 5.71 Å². The lowest BCUT2D eigenvalue weighted by molar-refractivity contribution is -0.121. The average Bonchev–Trinajstić information content (AvgIpc) is 2.36. The predicted molar refractivity (Wildman–Crippen MR) is 65.3 cm³/mol. The molecule has 4 N–H and O–H groups in total. The van der Waals surface area contributed by atoms with Crippen LogP contribution in [-0.4, -0.2) is 29.6 Å². The molecule has 2 amide bonds. The van der Waals surface area contributed by atoms with Gasteiger partial charge in [-0.1, -0.05) is 13.8 Å². The van der Waals surface area contributed by atoms with Gasteiger partial charge in [0.2, 0.25) is 5.91 Å². The maximum atomic E-state index is 11.7. The summed E-state index contributed by atoms with van der Waals surface area (Å²) in [6.45, 7) is 4.41. The summed E-state index contributed by atoms with van der Waals surface area (Å²) < 4.78 is 0. The molecule has 0 fully saturated rings. The topological polar surface area (TPSA) is 96.6 Å². The molecule has 0 bridgehead atoms. The monoisotopic (exact) mass is 240 g/mol. The highest BCUT2D eigenvalue weighted by Gasteiger charge is 2.23. The third-order valence-corrected chi connectivity index (χ3v) is 3.18. The summed E-state index contributed by atoms with van der Waals surface area (Å²) in [5, 5.41) is 6.49. The molecule has 1 aliphatic rings. The number of nitrogens with zero attached hydrogens (tertiary/aromatic N) is 1. The largest absolute Gasteiger partial charge is 0.349 e. The van der Waals surface area contributed by atoms with Gasteiger partial charge in [0.05, 0.1) is 0 Å². The van der Waals surface area contributed by atoms with Crippen molar-refractivity contribution in [2.75, 3.05) is 6.54 Å². The molecule has 0 spiro atoms. The Bertz CT molecular complexity index is 334. The Balaban J connectivity index is 2.47. The van der Waals surface area contributed by atoms with Crippen LogP contribution in [0.1, 0.15) is 39.5 Å². The van der Waals surface area contributed by atoms with Crippen LogP contribution >= 0.6 is 0 Å². The molecular weight excluding hydrogens is 220 g/mol. The van der Waals surface area contributed by atoms with Crippen molar-refractivity contribution in [1.29, 1.82) is 0 Å². The van der Waals surface area contributed by atoms with Crippen LogP contribution in [0.3, 0.4) is 0 Å². The van der Waals surface area contributed by atoms with Crippen molar-refractivity contribution in [1.82, 2.24) is 10.7 Å². The molecule has 0 aromatic rings. The fraction of sp³-hybridized carbons (Fsp3) is 0.727. The molecule has 96 valence electrons. The number of hydrogen-bond acceptors (Lipinski definition) is 4. The lowest BCUT2D eigenvalue weighted by Crippen LogP contribution is -2.51. The first-order valence-electron chi connectivity index (χ1n) is 5.93. The molecular formula is C11H20N4O2. The van der Waals surface area contributed by atoms with E-state index >= 15 is 0 Å². The van der Waals surface area contributed by atoms with E-state index in [0.29, 0.717) is 25.1 Å². The highest BCUT2D eigenvalue weighted by molar-refractivity contribution is 6.39. The van der Waals surface area contributed by atoms with Crippen LogP contribution in [0.5, 0.6) is 0 Å². The second-order valence-corrected chi connectivity index (χ2v) is 4.35. The molecule has 6 heteroatoms. The Morgan fingerprint density at radius 3 is 2.59 bits per heavy atom. The van der Waals surface area contributed by atoms with Crippen LogP contribution in [0.15, 0.2) is 5.10 Å². The number of nitrogens with one attached hydrogen (secondary N) is 2. The number of amides is 2. The number of hydrogen-bond donors (Lipinski definition) is 3. The molecule has 0 unspecified atom stereocenters. The van der Waals surface area contributed by atoms with Crippen LogP contribution in [0.25, 0.3) is 0 Å². The summed E-state index contributed by atoms with van der Waals surface area (Å²) >= 11 is 0. The quantitative estimate of drug-likeness (QED) is 0.625. The SMILES string of the molecule is CCC(N)(CC)CNC(=O)C1=NNC(=O)CC1. The molecule has 1 aliphatic heterocycles. The predicted octanol–water partition coefficient (Wildman–Crippen LogP) is -0.114. The van der Waals surface area contributed by atoms with E-state index in [2.05, 4.69) is 15.8 Å². The highest BCUT2D eigenvalue weighted by atomic mass is 16.2. The minimum Gasteiger partial charge on any atom is -0.349 e. The molecule has 0 aromatic heterocycles. The van der Waals surface area contributed by atoms with Gasteiger partial charge in [-0.25, -0.2) is 5.43 Å². The van der Waals surface area contributed by atoms with Crippen LogP contribution in [0, 0.1) is 0 Å². The molecule has 6 nitrogen and oxygen atoms in total. The minimum absolute atomic E-state index is 0.156. The Morgan fingerprint density at radius 2 is 2.12 bits per heavy atom. The van der Waals surface area contributed by atoms with Crippen molar-refractivity contribution >= 4 is 17.5 Å². The zero-order valence-corrected chi connectivity index (χ0v) is 10.4. The lowest BCUT2D eigenvalue weighted by atomic mass is 9.94. The normalized spacial score (nSPS) is 16.2. The summed E-state index contributed by atoms with van der Waals surface area (Å²) in [6, 6.07) is 0. The molecule has 1 rings (SSSR count). The van der Waals surface area contributed by atoms with Crippen molar-refractivity contribution < 1.29 is 9.59 Å². The van der Waals surface area contributed by atoms with Crippen LogP contribution in [0.4, 0.5) is 0 Å². The van der Waals surface area contributed by atoms with Gasteiger partial charge in [0.25, 0.3) is 5.91 Å². The van der Waals surface area contributed by atoms with Gasteiger partial charge in [-0.2, -0.15) is 5.10 Å². The van der Waals surface area contributed by atoms with E-state index < -0.39 is 0 Å². The van der Waals surface area contributed by atoms with Crippen LogP contribution in [-0.2, 0) is 9.59 Å². The highest BCUT2D eigenvalue weighted by Crippen LogP contribution is 2.09. The Hall–Kier alpha value is -1.43. The molecule has 0 saturated heterocycles. The van der Waals surface area contributed by atoms with Gasteiger partial charge < -0.3 is 11.1 Å². The molecule has 0 radical (unpaired) electrons. The van der Waals surface area contributed by atoms with Gasteiger partial charge in [0.15, 0.2) is 0 Å². The fourth-order valence-corrected chi connectivity index (χ4v) is 1.50. The van der Waals surface area contributed by atoms with E-state index in [-0.39, 0.29) is 17.4 Å². The molecule has 0 saturated carbocycles. The van der Waals surface area contributed by atoms with Gasteiger partial charge in [0, 0.05) is 24.9 Å². The molecule has 17 heavy (non-hydrogen) atoms. The Kier molecular flexibility index (Phi) is 4.62. The molecule has 0 atom stereocenters. The number of carbonyl (C=O) groups excluding carboxylic acids is 2.